The van der Waals surface area contributed by atoms with Gasteiger partial charge in [-0.25, -0.2) is 4.98 Å². The van der Waals surface area contributed by atoms with Gasteiger partial charge in [-0.15, -0.1) is 0 Å². The zero-order valence-electron chi connectivity index (χ0n) is 22.5. The normalized spacial score (nSPS) is 11.1. The highest BCUT2D eigenvalue weighted by Gasteiger charge is 2.21. The molecule has 7 nitrogen and oxygen atoms in total. The fraction of sp³-hybridized carbons (Fsp3) is 0.379. The first kappa shape index (κ1) is 26.7. The topological polar surface area (TPSA) is 67.6 Å². The van der Waals surface area contributed by atoms with Gasteiger partial charge in [0.15, 0.2) is 28.2 Å². The molecule has 4 aromatic rings. The van der Waals surface area contributed by atoms with Gasteiger partial charge in [-0.05, 0) is 47.7 Å². The van der Waals surface area contributed by atoms with Gasteiger partial charge in [0, 0.05) is 36.6 Å². The lowest BCUT2D eigenvalue weighted by molar-refractivity contribution is 0.355. The van der Waals surface area contributed by atoms with E-state index in [9.17, 15) is 0 Å². The highest BCUT2D eigenvalue weighted by atomic mass is 32.2. The first-order chi connectivity index (χ1) is 18.0. The number of rotatable bonds is 12. The van der Waals surface area contributed by atoms with Crippen LogP contribution in [0, 0.1) is 0 Å². The van der Waals surface area contributed by atoms with E-state index in [1.54, 1.807) is 40.2 Å². The predicted molar refractivity (Wildman–Crippen MR) is 149 cm³/mol. The van der Waals surface area contributed by atoms with E-state index in [1.165, 1.54) is 5.56 Å². The maximum absolute atomic E-state index is 5.68. The Morgan fingerprint density at radius 1 is 0.865 bits per heavy atom. The van der Waals surface area contributed by atoms with Crippen molar-refractivity contribution in [2.24, 2.45) is 7.05 Å². The van der Waals surface area contributed by atoms with Crippen molar-refractivity contribution in [2.45, 2.75) is 43.5 Å². The van der Waals surface area contributed by atoms with Crippen molar-refractivity contribution < 1.29 is 18.9 Å². The maximum Gasteiger partial charge on any atom is 0.168 e. The van der Waals surface area contributed by atoms with Crippen LogP contribution in [-0.4, -0.2) is 43.0 Å². The van der Waals surface area contributed by atoms with Gasteiger partial charge < -0.3 is 23.5 Å². The summed E-state index contributed by atoms with van der Waals surface area (Å²) >= 11 is 1.69. The molecule has 0 saturated heterocycles. The standard InChI is InChI=1S/C29H35N3O4S/c1-7-8-9-10-20-23(18-37-29-30-13-14-32(29)2)31-22-17-27(36-6)26(35-5)16-21(22)28(20)19-11-12-24(33-3)25(15-19)34-4/h11-17H,7-10,18H2,1-6H3. The molecule has 2 heterocycles. The lowest BCUT2D eigenvalue weighted by Crippen LogP contribution is -2.04. The SMILES string of the molecule is CCCCCc1c(CSc2nccn2C)nc2cc(OC)c(OC)cc2c1-c1ccc(OC)c(OC)c1. The first-order valence-electron chi connectivity index (χ1n) is 12.4. The fourth-order valence-corrected chi connectivity index (χ4v) is 5.47. The van der Waals surface area contributed by atoms with Gasteiger partial charge in [0.2, 0.25) is 0 Å². The predicted octanol–water partition coefficient (Wildman–Crippen LogP) is 6.69. The van der Waals surface area contributed by atoms with Crippen LogP contribution < -0.4 is 18.9 Å². The average Bonchev–Trinajstić information content (AvgIpc) is 3.34. The second-order valence-corrected chi connectivity index (χ2v) is 9.72. The Kier molecular flexibility index (Phi) is 8.82. The number of pyridine rings is 1. The number of aryl methyl sites for hydroxylation is 1. The summed E-state index contributed by atoms with van der Waals surface area (Å²) < 4.78 is 24.5. The van der Waals surface area contributed by atoms with E-state index >= 15 is 0 Å². The molecule has 37 heavy (non-hydrogen) atoms. The van der Waals surface area contributed by atoms with Crippen LogP contribution in [0.4, 0.5) is 0 Å². The molecule has 0 aliphatic rings. The van der Waals surface area contributed by atoms with Gasteiger partial charge in [-0.3, -0.25) is 4.98 Å². The third kappa shape index (κ3) is 5.64. The van der Waals surface area contributed by atoms with Crippen LogP contribution in [0.2, 0.25) is 0 Å². The summed E-state index contributed by atoms with van der Waals surface area (Å²) in [6.45, 7) is 2.23. The summed E-state index contributed by atoms with van der Waals surface area (Å²) in [5.74, 6) is 3.42. The number of benzene rings is 2. The van der Waals surface area contributed by atoms with Crippen LogP contribution in [0.25, 0.3) is 22.0 Å². The number of fused-ring (bicyclic) bond motifs is 1. The van der Waals surface area contributed by atoms with Crippen molar-refractivity contribution in [2.75, 3.05) is 28.4 Å². The van der Waals surface area contributed by atoms with E-state index in [-0.39, 0.29) is 0 Å². The maximum atomic E-state index is 5.68. The fourth-order valence-electron chi connectivity index (χ4n) is 4.57. The van der Waals surface area contributed by atoms with Crippen molar-refractivity contribution in [3.05, 3.63) is 54.0 Å². The summed E-state index contributed by atoms with van der Waals surface area (Å²) in [6.07, 6.45) is 8.09. The number of hydrogen-bond acceptors (Lipinski definition) is 7. The summed E-state index contributed by atoms with van der Waals surface area (Å²) in [5.41, 5.74) is 5.33. The molecular formula is C29H35N3O4S. The van der Waals surface area contributed by atoms with Gasteiger partial charge in [0.25, 0.3) is 0 Å². The molecule has 2 aromatic heterocycles. The van der Waals surface area contributed by atoms with Gasteiger partial charge in [-0.1, -0.05) is 37.6 Å². The Balaban J connectivity index is 1.98. The van der Waals surface area contributed by atoms with Gasteiger partial charge in [0.05, 0.1) is 39.6 Å². The Bertz CT molecular complexity index is 1370. The van der Waals surface area contributed by atoms with Crippen molar-refractivity contribution in [3.63, 3.8) is 0 Å². The van der Waals surface area contributed by atoms with Crippen LogP contribution in [0.3, 0.4) is 0 Å². The van der Waals surface area contributed by atoms with E-state index in [0.717, 1.165) is 58.6 Å². The second kappa shape index (κ2) is 12.2. The van der Waals surface area contributed by atoms with Crippen molar-refractivity contribution in [3.8, 4) is 34.1 Å². The molecule has 0 amide bonds. The molecule has 0 fully saturated rings. The molecule has 0 bridgehead atoms. The summed E-state index contributed by atoms with van der Waals surface area (Å²) in [4.78, 5) is 9.68. The van der Waals surface area contributed by atoms with E-state index in [1.807, 2.05) is 48.3 Å². The van der Waals surface area contributed by atoms with Crippen LogP contribution in [0.5, 0.6) is 23.0 Å². The lowest BCUT2D eigenvalue weighted by atomic mass is 9.91. The monoisotopic (exact) mass is 521 g/mol. The number of aromatic nitrogens is 3. The summed E-state index contributed by atoms with van der Waals surface area (Å²) in [7, 11) is 8.64. The molecule has 4 rings (SSSR count). The van der Waals surface area contributed by atoms with E-state index in [4.69, 9.17) is 23.9 Å². The summed E-state index contributed by atoms with van der Waals surface area (Å²) in [6, 6.07) is 10.1. The number of hydrogen-bond donors (Lipinski definition) is 0. The number of nitrogens with zero attached hydrogens (tertiary/aromatic N) is 3. The van der Waals surface area contributed by atoms with Crippen LogP contribution >= 0.6 is 11.8 Å². The third-order valence-electron chi connectivity index (χ3n) is 6.49. The van der Waals surface area contributed by atoms with E-state index in [0.29, 0.717) is 28.8 Å². The lowest BCUT2D eigenvalue weighted by Gasteiger charge is -2.20. The molecular weight excluding hydrogens is 486 g/mol. The number of ether oxygens (including phenoxy) is 4. The minimum Gasteiger partial charge on any atom is -0.493 e. The van der Waals surface area contributed by atoms with E-state index < -0.39 is 0 Å². The molecule has 0 saturated carbocycles. The number of methoxy groups -OCH3 is 4. The molecule has 0 unspecified atom stereocenters. The van der Waals surface area contributed by atoms with E-state index in [2.05, 4.69) is 18.0 Å². The Morgan fingerprint density at radius 2 is 1.57 bits per heavy atom. The highest BCUT2D eigenvalue weighted by molar-refractivity contribution is 7.98. The number of imidazole rings is 1. The van der Waals surface area contributed by atoms with Crippen LogP contribution in [0.15, 0.2) is 47.9 Å². The minimum atomic E-state index is 0.655. The first-order valence-corrected chi connectivity index (χ1v) is 13.4. The van der Waals surface area contributed by atoms with Crippen LogP contribution in [0.1, 0.15) is 37.4 Å². The molecule has 0 radical (unpaired) electrons. The zero-order chi connectivity index (χ0) is 26.4. The van der Waals surface area contributed by atoms with Gasteiger partial charge in [-0.2, -0.15) is 0 Å². The molecule has 0 atom stereocenters. The van der Waals surface area contributed by atoms with Crippen molar-refractivity contribution in [1.82, 2.24) is 14.5 Å². The number of thioether (sulfide) groups is 1. The smallest absolute Gasteiger partial charge is 0.168 e. The second-order valence-electron chi connectivity index (χ2n) is 8.77. The Hall–Kier alpha value is -3.39. The largest absolute Gasteiger partial charge is 0.493 e. The Labute approximate surface area is 223 Å². The quantitative estimate of drug-likeness (QED) is 0.152. The van der Waals surface area contributed by atoms with Crippen LogP contribution in [-0.2, 0) is 19.2 Å². The molecule has 196 valence electrons. The van der Waals surface area contributed by atoms with Gasteiger partial charge >= 0.3 is 0 Å². The zero-order valence-corrected chi connectivity index (χ0v) is 23.3. The third-order valence-corrected chi connectivity index (χ3v) is 7.56. The molecule has 0 aliphatic heterocycles. The molecule has 8 heteroatoms. The molecule has 2 aromatic carbocycles. The molecule has 0 aliphatic carbocycles. The minimum absolute atomic E-state index is 0.655. The van der Waals surface area contributed by atoms with Crippen molar-refractivity contribution in [1.29, 1.82) is 0 Å². The highest BCUT2D eigenvalue weighted by Crippen LogP contribution is 2.42. The Morgan fingerprint density at radius 3 is 2.22 bits per heavy atom. The van der Waals surface area contributed by atoms with Crippen molar-refractivity contribution >= 4 is 22.7 Å². The summed E-state index contributed by atoms with van der Waals surface area (Å²) in [5, 5.41) is 1.98. The molecule has 0 N–H and O–H groups in total. The van der Waals surface area contributed by atoms with Gasteiger partial charge in [0.1, 0.15) is 0 Å². The molecule has 0 spiro atoms. The number of unbranched alkanes of at least 4 members (excludes halogenated alkanes) is 2. The average molecular weight is 522 g/mol.